The smallest absolute Gasteiger partial charge is 0.313 e. The summed E-state index contributed by atoms with van der Waals surface area (Å²) in [5.41, 5.74) is 2.16. The van der Waals surface area contributed by atoms with Gasteiger partial charge in [0.05, 0.1) is 23.5 Å². The number of carbonyl (C=O) groups excluding carboxylic acids is 2. The van der Waals surface area contributed by atoms with Crippen LogP contribution in [-0.2, 0) is 16.0 Å². The molecule has 0 aliphatic heterocycles. The van der Waals surface area contributed by atoms with E-state index in [1.165, 1.54) is 11.3 Å². The second kappa shape index (κ2) is 9.15. The molecular formula is C21H18ClN5O3S. The summed E-state index contributed by atoms with van der Waals surface area (Å²) in [6.07, 6.45) is 0.497. The maximum atomic E-state index is 12.1. The van der Waals surface area contributed by atoms with Crippen molar-refractivity contribution in [1.29, 1.82) is 0 Å². The van der Waals surface area contributed by atoms with E-state index in [4.69, 9.17) is 16.3 Å². The molecule has 0 spiro atoms. The Hall–Kier alpha value is -3.43. The average molecular weight is 456 g/mol. The van der Waals surface area contributed by atoms with Crippen molar-refractivity contribution in [3.05, 3.63) is 64.6 Å². The topological polar surface area (TPSA) is 97.6 Å². The molecule has 0 aliphatic carbocycles. The third kappa shape index (κ3) is 4.68. The van der Waals surface area contributed by atoms with Crippen molar-refractivity contribution in [2.75, 3.05) is 19.0 Å². The number of para-hydroxylation sites is 1. The fourth-order valence-electron chi connectivity index (χ4n) is 2.89. The first-order valence-electron chi connectivity index (χ1n) is 9.36. The number of fused-ring (bicyclic) bond motifs is 1. The zero-order chi connectivity index (χ0) is 21.8. The molecule has 0 saturated heterocycles. The highest BCUT2D eigenvalue weighted by Crippen LogP contribution is 2.23. The molecule has 2 heterocycles. The number of amides is 2. The summed E-state index contributed by atoms with van der Waals surface area (Å²) in [4.78, 5) is 29.4. The molecule has 0 aliphatic rings. The van der Waals surface area contributed by atoms with Gasteiger partial charge in [0.15, 0.2) is 5.82 Å². The van der Waals surface area contributed by atoms with Gasteiger partial charge in [0.1, 0.15) is 5.75 Å². The number of nitrogens with one attached hydrogen (secondary N) is 2. The van der Waals surface area contributed by atoms with E-state index in [0.29, 0.717) is 23.0 Å². The highest BCUT2D eigenvalue weighted by atomic mass is 35.5. The fraction of sp³-hybridized carbons (Fsp3) is 0.143. The lowest BCUT2D eigenvalue weighted by molar-refractivity contribution is -0.136. The number of aromatic nitrogens is 3. The minimum absolute atomic E-state index is 0.276. The monoisotopic (exact) mass is 455 g/mol. The Morgan fingerprint density at radius 2 is 1.90 bits per heavy atom. The van der Waals surface area contributed by atoms with Crippen LogP contribution < -0.4 is 15.4 Å². The minimum Gasteiger partial charge on any atom is -0.497 e. The molecule has 2 aromatic carbocycles. The largest absolute Gasteiger partial charge is 0.497 e. The maximum absolute atomic E-state index is 12.1. The lowest BCUT2D eigenvalue weighted by Gasteiger charge is -2.07. The molecule has 2 aromatic heterocycles. The summed E-state index contributed by atoms with van der Waals surface area (Å²) in [5.74, 6) is -0.131. The zero-order valence-electron chi connectivity index (χ0n) is 16.5. The van der Waals surface area contributed by atoms with Crippen LogP contribution in [0.1, 0.15) is 5.69 Å². The molecule has 8 nitrogen and oxygen atoms in total. The molecule has 0 bridgehead atoms. The first-order valence-corrected chi connectivity index (χ1v) is 10.6. The highest BCUT2D eigenvalue weighted by Gasteiger charge is 2.16. The Labute approximate surface area is 186 Å². The summed E-state index contributed by atoms with van der Waals surface area (Å²) in [7, 11) is 1.62. The van der Waals surface area contributed by atoms with Crippen LogP contribution >= 0.6 is 22.9 Å². The molecule has 10 heteroatoms. The Morgan fingerprint density at radius 3 is 2.65 bits per heavy atom. The normalized spacial score (nSPS) is 10.8. The van der Waals surface area contributed by atoms with Crippen molar-refractivity contribution in [2.45, 2.75) is 6.42 Å². The van der Waals surface area contributed by atoms with Gasteiger partial charge in [-0.15, -0.1) is 16.4 Å². The van der Waals surface area contributed by atoms with Crippen molar-refractivity contribution in [2.24, 2.45) is 0 Å². The van der Waals surface area contributed by atoms with Crippen LogP contribution in [0.15, 0.2) is 53.9 Å². The quantitative estimate of drug-likeness (QED) is 0.434. The Morgan fingerprint density at radius 1 is 1.13 bits per heavy atom. The molecule has 4 aromatic rings. The van der Waals surface area contributed by atoms with Gasteiger partial charge in [-0.05, 0) is 36.4 Å². The minimum atomic E-state index is -0.772. The SMILES string of the molecule is COc1ccc(-c2nc3scc(CCNC(=O)C(=O)Nc4ccccc4Cl)n3n2)cc1. The number of ether oxygens (including phenoxy) is 1. The predicted octanol–water partition coefficient (Wildman–Crippen LogP) is 3.42. The van der Waals surface area contributed by atoms with E-state index in [-0.39, 0.29) is 6.54 Å². The number of methoxy groups -OCH3 is 1. The Kier molecular flexibility index (Phi) is 6.15. The zero-order valence-corrected chi connectivity index (χ0v) is 18.0. The second-order valence-electron chi connectivity index (χ2n) is 6.53. The van der Waals surface area contributed by atoms with E-state index in [1.54, 1.807) is 35.9 Å². The summed E-state index contributed by atoms with van der Waals surface area (Å²) >= 11 is 7.46. The fourth-order valence-corrected chi connectivity index (χ4v) is 3.92. The third-order valence-electron chi connectivity index (χ3n) is 4.49. The summed E-state index contributed by atoms with van der Waals surface area (Å²) in [6.45, 7) is 0.276. The van der Waals surface area contributed by atoms with Crippen LogP contribution in [-0.4, -0.2) is 40.1 Å². The van der Waals surface area contributed by atoms with Crippen LogP contribution in [0.3, 0.4) is 0 Å². The molecule has 2 amide bonds. The Bertz CT molecular complexity index is 1240. The van der Waals surface area contributed by atoms with E-state index >= 15 is 0 Å². The van der Waals surface area contributed by atoms with Gasteiger partial charge in [0, 0.05) is 23.9 Å². The first-order chi connectivity index (χ1) is 15.0. The molecule has 0 radical (unpaired) electrons. The third-order valence-corrected chi connectivity index (χ3v) is 5.69. The van der Waals surface area contributed by atoms with Crippen LogP contribution in [0.5, 0.6) is 5.75 Å². The predicted molar refractivity (Wildman–Crippen MR) is 120 cm³/mol. The maximum Gasteiger partial charge on any atom is 0.313 e. The van der Waals surface area contributed by atoms with E-state index in [9.17, 15) is 9.59 Å². The molecule has 0 atom stereocenters. The lowest BCUT2D eigenvalue weighted by Crippen LogP contribution is -2.36. The van der Waals surface area contributed by atoms with Crippen LogP contribution in [0, 0.1) is 0 Å². The number of hydrogen-bond acceptors (Lipinski definition) is 6. The number of anilines is 1. The molecule has 31 heavy (non-hydrogen) atoms. The van der Waals surface area contributed by atoms with Gasteiger partial charge in [-0.25, -0.2) is 4.52 Å². The number of halogens is 1. The van der Waals surface area contributed by atoms with Crippen molar-refractivity contribution >= 4 is 45.4 Å². The summed E-state index contributed by atoms with van der Waals surface area (Å²) < 4.78 is 6.92. The van der Waals surface area contributed by atoms with Crippen molar-refractivity contribution in [3.8, 4) is 17.1 Å². The van der Waals surface area contributed by atoms with Crippen LogP contribution in [0.25, 0.3) is 16.3 Å². The van der Waals surface area contributed by atoms with Gasteiger partial charge in [0.25, 0.3) is 0 Å². The standard InChI is InChI=1S/C21H18ClN5O3S/c1-30-15-8-6-13(7-9-15)18-25-21-27(26-18)14(12-31-21)10-11-23-19(28)20(29)24-17-5-3-2-4-16(17)22/h2-9,12H,10-11H2,1H3,(H,23,28)(H,24,29). The molecule has 0 fully saturated rings. The van der Waals surface area contributed by atoms with E-state index < -0.39 is 11.8 Å². The molecule has 0 saturated carbocycles. The van der Waals surface area contributed by atoms with E-state index in [0.717, 1.165) is 22.0 Å². The van der Waals surface area contributed by atoms with Crippen molar-refractivity contribution in [3.63, 3.8) is 0 Å². The first kappa shape index (κ1) is 20.8. The van der Waals surface area contributed by atoms with Crippen molar-refractivity contribution in [1.82, 2.24) is 19.9 Å². The second-order valence-corrected chi connectivity index (χ2v) is 7.77. The average Bonchev–Trinajstić information content (AvgIpc) is 3.37. The number of thiazole rings is 1. The van der Waals surface area contributed by atoms with Gasteiger partial charge >= 0.3 is 11.8 Å². The number of carbonyl (C=O) groups is 2. The molecule has 0 unspecified atom stereocenters. The summed E-state index contributed by atoms with van der Waals surface area (Å²) in [6, 6.07) is 14.2. The molecule has 4 rings (SSSR count). The van der Waals surface area contributed by atoms with Gasteiger partial charge < -0.3 is 15.4 Å². The van der Waals surface area contributed by atoms with Crippen LogP contribution in [0.4, 0.5) is 5.69 Å². The van der Waals surface area contributed by atoms with Gasteiger partial charge in [0.2, 0.25) is 4.96 Å². The van der Waals surface area contributed by atoms with Gasteiger partial charge in [-0.3, -0.25) is 9.59 Å². The molecule has 158 valence electrons. The van der Waals surface area contributed by atoms with E-state index in [1.807, 2.05) is 29.6 Å². The van der Waals surface area contributed by atoms with Gasteiger partial charge in [-0.1, -0.05) is 23.7 Å². The number of nitrogens with zero attached hydrogens (tertiary/aromatic N) is 3. The van der Waals surface area contributed by atoms with Gasteiger partial charge in [-0.2, -0.15) is 4.98 Å². The van der Waals surface area contributed by atoms with Crippen molar-refractivity contribution < 1.29 is 14.3 Å². The number of benzene rings is 2. The molecule has 2 N–H and O–H groups in total. The highest BCUT2D eigenvalue weighted by molar-refractivity contribution is 7.15. The summed E-state index contributed by atoms with van der Waals surface area (Å²) in [5, 5.41) is 12.0. The van der Waals surface area contributed by atoms with E-state index in [2.05, 4.69) is 20.7 Å². The number of hydrogen-bond donors (Lipinski definition) is 2. The Balaban J connectivity index is 1.36. The number of rotatable bonds is 6. The van der Waals surface area contributed by atoms with Crippen LogP contribution in [0.2, 0.25) is 5.02 Å². The lowest BCUT2D eigenvalue weighted by atomic mass is 10.2. The molecular weight excluding hydrogens is 438 g/mol.